The van der Waals surface area contributed by atoms with Gasteiger partial charge in [-0.3, -0.25) is 0 Å². The smallest absolute Gasteiger partial charge is 0.347 e. The predicted octanol–water partition coefficient (Wildman–Crippen LogP) is 4.79. The van der Waals surface area contributed by atoms with Gasteiger partial charge in [0, 0.05) is 11.1 Å². The molecule has 0 aliphatic carbocycles. The number of carbonyl (C=O) groups excluding carboxylic acids is 2. The van der Waals surface area contributed by atoms with Crippen LogP contribution in [0, 0.1) is 0 Å². The van der Waals surface area contributed by atoms with Gasteiger partial charge in [-0.2, -0.15) is 0 Å². The van der Waals surface area contributed by atoms with Crippen LogP contribution in [0.2, 0.25) is 0 Å². The van der Waals surface area contributed by atoms with E-state index >= 15 is 0 Å². The summed E-state index contributed by atoms with van der Waals surface area (Å²) in [5, 5.41) is 0. The fourth-order valence-corrected chi connectivity index (χ4v) is 3.23. The van der Waals surface area contributed by atoms with Crippen molar-refractivity contribution in [2.45, 2.75) is 38.9 Å². The van der Waals surface area contributed by atoms with Gasteiger partial charge in [0.2, 0.25) is 0 Å². The molecule has 7 heteroatoms. The normalized spacial score (nSPS) is 15.9. The van der Waals surface area contributed by atoms with Crippen LogP contribution in [0.15, 0.2) is 46.9 Å². The van der Waals surface area contributed by atoms with Gasteiger partial charge in [0.25, 0.3) is 0 Å². The van der Waals surface area contributed by atoms with Crippen LogP contribution in [0.1, 0.15) is 47.4 Å². The van der Waals surface area contributed by atoms with Crippen molar-refractivity contribution in [2.75, 3.05) is 13.2 Å². The van der Waals surface area contributed by atoms with Crippen molar-refractivity contribution < 1.29 is 28.5 Å². The second-order valence-corrected chi connectivity index (χ2v) is 7.87. The second kappa shape index (κ2) is 9.89. The van der Waals surface area contributed by atoms with Crippen LogP contribution in [-0.4, -0.2) is 37.4 Å². The van der Waals surface area contributed by atoms with Crippen molar-refractivity contribution >= 4 is 27.9 Å². The number of hydrogen-bond donors (Lipinski definition) is 0. The summed E-state index contributed by atoms with van der Waals surface area (Å²) in [7, 11) is 0. The molecule has 1 aliphatic rings. The van der Waals surface area contributed by atoms with E-state index in [2.05, 4.69) is 15.9 Å². The molecule has 0 N–H and O–H groups in total. The molecule has 0 aromatic heterocycles. The molecule has 1 aliphatic heterocycles. The molecule has 1 unspecified atom stereocenters. The zero-order chi connectivity index (χ0) is 20.8. The molecule has 0 radical (unpaired) electrons. The van der Waals surface area contributed by atoms with Crippen LogP contribution in [0.4, 0.5) is 0 Å². The van der Waals surface area contributed by atoms with Gasteiger partial charge in [-0.15, -0.1) is 0 Å². The highest BCUT2D eigenvalue weighted by Crippen LogP contribution is 2.26. The molecule has 2 aromatic rings. The summed E-state index contributed by atoms with van der Waals surface area (Å²) in [5.41, 5.74) is 0.696. The number of benzene rings is 2. The van der Waals surface area contributed by atoms with Gasteiger partial charge in [0.05, 0.1) is 17.8 Å². The van der Waals surface area contributed by atoms with Gasteiger partial charge in [0.1, 0.15) is 23.7 Å². The summed E-state index contributed by atoms with van der Waals surface area (Å²) < 4.78 is 22.6. The standard InChI is InChI=1S/C22H23BrO6/c1-14(2)28-20-10-7-16(23)12-19(20)22(25)29-17-8-5-15(6-9-17)21(24)27-13-18-4-3-11-26-18/h5-10,12,14,18H,3-4,11,13H2,1-2H3. The zero-order valence-electron chi connectivity index (χ0n) is 16.4. The molecule has 0 bridgehead atoms. The lowest BCUT2D eigenvalue weighted by Gasteiger charge is -2.14. The first-order chi connectivity index (χ1) is 13.9. The number of carbonyl (C=O) groups is 2. The number of halogens is 1. The third-order valence-corrected chi connectivity index (χ3v) is 4.74. The number of rotatable bonds is 7. The molecule has 1 atom stereocenters. The van der Waals surface area contributed by atoms with Crippen LogP contribution in [0.3, 0.4) is 0 Å². The monoisotopic (exact) mass is 462 g/mol. The van der Waals surface area contributed by atoms with E-state index in [0.29, 0.717) is 29.2 Å². The van der Waals surface area contributed by atoms with E-state index in [1.807, 2.05) is 13.8 Å². The van der Waals surface area contributed by atoms with Crippen LogP contribution < -0.4 is 9.47 Å². The van der Waals surface area contributed by atoms with Crippen molar-refractivity contribution in [3.05, 3.63) is 58.1 Å². The highest BCUT2D eigenvalue weighted by atomic mass is 79.9. The van der Waals surface area contributed by atoms with Gasteiger partial charge < -0.3 is 18.9 Å². The average Bonchev–Trinajstić information content (AvgIpc) is 3.21. The van der Waals surface area contributed by atoms with Crippen LogP contribution in [-0.2, 0) is 9.47 Å². The third kappa shape index (κ3) is 6.05. The summed E-state index contributed by atoms with van der Waals surface area (Å²) in [6.45, 7) is 4.73. The summed E-state index contributed by atoms with van der Waals surface area (Å²) in [4.78, 5) is 24.7. The van der Waals surface area contributed by atoms with Gasteiger partial charge in [-0.25, -0.2) is 9.59 Å². The molecule has 1 saturated heterocycles. The predicted molar refractivity (Wildman–Crippen MR) is 111 cm³/mol. The van der Waals surface area contributed by atoms with Crippen molar-refractivity contribution in [1.82, 2.24) is 0 Å². The quantitative estimate of drug-likeness (QED) is 0.435. The Kier molecular flexibility index (Phi) is 7.28. The van der Waals surface area contributed by atoms with E-state index in [4.69, 9.17) is 18.9 Å². The molecular weight excluding hydrogens is 440 g/mol. The molecule has 29 heavy (non-hydrogen) atoms. The van der Waals surface area contributed by atoms with E-state index in [-0.39, 0.29) is 18.8 Å². The van der Waals surface area contributed by atoms with E-state index in [1.54, 1.807) is 42.5 Å². The average molecular weight is 463 g/mol. The van der Waals surface area contributed by atoms with Crippen LogP contribution in [0.5, 0.6) is 11.5 Å². The van der Waals surface area contributed by atoms with Crippen molar-refractivity contribution in [2.24, 2.45) is 0 Å². The highest BCUT2D eigenvalue weighted by molar-refractivity contribution is 9.10. The SMILES string of the molecule is CC(C)Oc1ccc(Br)cc1C(=O)Oc1ccc(C(=O)OCC2CCCO2)cc1. The zero-order valence-corrected chi connectivity index (χ0v) is 17.9. The number of esters is 2. The van der Waals surface area contributed by atoms with Gasteiger partial charge in [-0.05, 0) is 69.2 Å². The number of hydrogen-bond acceptors (Lipinski definition) is 6. The molecule has 2 aromatic carbocycles. The summed E-state index contributed by atoms with van der Waals surface area (Å²) in [6.07, 6.45) is 1.79. The Morgan fingerprint density at radius 2 is 1.90 bits per heavy atom. The van der Waals surface area contributed by atoms with Crippen molar-refractivity contribution in [3.8, 4) is 11.5 Å². The minimum absolute atomic E-state index is 0.0216. The first-order valence-corrected chi connectivity index (χ1v) is 10.3. The Morgan fingerprint density at radius 1 is 1.14 bits per heavy atom. The Bertz CT molecular complexity index is 856. The Morgan fingerprint density at radius 3 is 2.55 bits per heavy atom. The molecule has 0 spiro atoms. The van der Waals surface area contributed by atoms with E-state index in [1.165, 1.54) is 0 Å². The molecule has 0 amide bonds. The largest absolute Gasteiger partial charge is 0.490 e. The van der Waals surface area contributed by atoms with E-state index < -0.39 is 11.9 Å². The summed E-state index contributed by atoms with van der Waals surface area (Å²) in [6, 6.07) is 11.4. The summed E-state index contributed by atoms with van der Waals surface area (Å²) >= 11 is 3.36. The lowest BCUT2D eigenvalue weighted by atomic mass is 10.2. The van der Waals surface area contributed by atoms with E-state index in [0.717, 1.165) is 17.3 Å². The molecule has 1 fully saturated rings. The molecule has 0 saturated carbocycles. The van der Waals surface area contributed by atoms with E-state index in [9.17, 15) is 9.59 Å². The Balaban J connectivity index is 1.62. The maximum atomic E-state index is 12.6. The maximum Gasteiger partial charge on any atom is 0.347 e. The fourth-order valence-electron chi connectivity index (χ4n) is 2.87. The lowest BCUT2D eigenvalue weighted by molar-refractivity contribution is 0.0161. The minimum Gasteiger partial charge on any atom is -0.490 e. The van der Waals surface area contributed by atoms with Gasteiger partial charge in [-0.1, -0.05) is 15.9 Å². The fraction of sp³-hybridized carbons (Fsp3) is 0.364. The molecular formula is C22H23BrO6. The highest BCUT2D eigenvalue weighted by Gasteiger charge is 2.19. The maximum absolute atomic E-state index is 12.6. The van der Waals surface area contributed by atoms with Gasteiger partial charge in [0.15, 0.2) is 0 Å². The van der Waals surface area contributed by atoms with Crippen LogP contribution >= 0.6 is 15.9 Å². The Labute approximate surface area is 178 Å². The van der Waals surface area contributed by atoms with Crippen molar-refractivity contribution in [3.63, 3.8) is 0 Å². The molecule has 3 rings (SSSR count). The topological polar surface area (TPSA) is 71.1 Å². The molecule has 154 valence electrons. The Hall–Kier alpha value is -2.38. The van der Waals surface area contributed by atoms with Crippen LogP contribution in [0.25, 0.3) is 0 Å². The second-order valence-electron chi connectivity index (χ2n) is 6.95. The molecule has 1 heterocycles. The number of ether oxygens (including phenoxy) is 4. The van der Waals surface area contributed by atoms with Gasteiger partial charge >= 0.3 is 11.9 Å². The third-order valence-electron chi connectivity index (χ3n) is 4.25. The van der Waals surface area contributed by atoms with Crippen molar-refractivity contribution in [1.29, 1.82) is 0 Å². The first kappa shape index (κ1) is 21.3. The lowest BCUT2D eigenvalue weighted by Crippen LogP contribution is -2.17. The molecule has 6 nitrogen and oxygen atoms in total. The summed E-state index contributed by atoms with van der Waals surface area (Å²) in [5.74, 6) is -0.211. The first-order valence-electron chi connectivity index (χ1n) is 9.49. The minimum atomic E-state index is -0.546.